The molecule has 0 spiro atoms. The highest BCUT2D eigenvalue weighted by Crippen LogP contribution is 2.41. The molecule has 0 aromatic heterocycles. The summed E-state index contributed by atoms with van der Waals surface area (Å²) in [6.45, 7) is 8.74. The Kier molecular flexibility index (Phi) is 4.08. The molecule has 1 unspecified atom stereocenters. The van der Waals surface area contributed by atoms with Crippen molar-refractivity contribution in [2.24, 2.45) is 5.92 Å². The van der Waals surface area contributed by atoms with Crippen LogP contribution in [0.5, 0.6) is 11.5 Å². The van der Waals surface area contributed by atoms with E-state index in [1.165, 1.54) is 5.69 Å². The van der Waals surface area contributed by atoms with Crippen molar-refractivity contribution in [3.63, 3.8) is 0 Å². The fraction of sp³-hybridized carbons (Fsp3) is 0.600. The first kappa shape index (κ1) is 13.8. The van der Waals surface area contributed by atoms with Gasteiger partial charge in [0.1, 0.15) is 0 Å². The van der Waals surface area contributed by atoms with Crippen LogP contribution in [0.3, 0.4) is 0 Å². The number of anilines is 2. The van der Waals surface area contributed by atoms with Crippen LogP contribution in [0, 0.1) is 5.92 Å². The Morgan fingerprint density at radius 1 is 1.26 bits per heavy atom. The molecule has 0 fully saturated rings. The fourth-order valence-electron chi connectivity index (χ4n) is 2.52. The van der Waals surface area contributed by atoms with Crippen LogP contribution < -0.4 is 19.7 Å². The lowest BCUT2D eigenvalue weighted by Crippen LogP contribution is -2.43. The first-order valence-electron chi connectivity index (χ1n) is 6.83. The number of rotatable bonds is 4. The smallest absolute Gasteiger partial charge is 0.162 e. The molecule has 1 aliphatic rings. The van der Waals surface area contributed by atoms with E-state index in [9.17, 15) is 0 Å². The van der Waals surface area contributed by atoms with E-state index in [2.05, 4.69) is 37.1 Å². The molecule has 1 aromatic carbocycles. The Morgan fingerprint density at radius 2 is 1.89 bits per heavy atom. The molecule has 1 heterocycles. The second-order valence-corrected chi connectivity index (χ2v) is 5.50. The molecule has 4 nitrogen and oxygen atoms in total. The van der Waals surface area contributed by atoms with E-state index in [0.29, 0.717) is 12.0 Å². The zero-order valence-corrected chi connectivity index (χ0v) is 12.5. The van der Waals surface area contributed by atoms with Crippen LogP contribution in [0.2, 0.25) is 0 Å². The number of fused-ring (bicyclic) bond motifs is 1. The van der Waals surface area contributed by atoms with Crippen molar-refractivity contribution in [3.05, 3.63) is 12.1 Å². The minimum atomic E-state index is 0.480. The lowest BCUT2D eigenvalue weighted by atomic mass is 10.1. The number of hydrogen-bond donors (Lipinski definition) is 1. The molecule has 0 bridgehead atoms. The Bertz CT molecular complexity index is 446. The summed E-state index contributed by atoms with van der Waals surface area (Å²) in [5.74, 6) is 2.18. The average molecular weight is 264 g/mol. The lowest BCUT2D eigenvalue weighted by Gasteiger charge is -2.39. The number of ether oxygens (including phenoxy) is 2. The number of hydrogen-bond acceptors (Lipinski definition) is 4. The molecule has 1 atom stereocenters. The largest absolute Gasteiger partial charge is 0.493 e. The molecular formula is C15H24N2O2. The van der Waals surface area contributed by atoms with Gasteiger partial charge in [0, 0.05) is 31.3 Å². The molecule has 1 N–H and O–H groups in total. The standard InChI is InChI=1S/C15H24N2O2/c1-10(2)9-17-11(3)8-16-12-6-14(18-4)15(19-5)7-13(12)17/h6-7,10-11,16H,8-9H2,1-5H3. The Balaban J connectivity index is 2.42. The summed E-state index contributed by atoms with van der Waals surface area (Å²) >= 11 is 0. The van der Waals surface area contributed by atoms with Gasteiger partial charge in [-0.25, -0.2) is 0 Å². The molecule has 0 saturated carbocycles. The maximum atomic E-state index is 5.41. The van der Waals surface area contributed by atoms with Gasteiger partial charge < -0.3 is 19.7 Å². The van der Waals surface area contributed by atoms with Crippen LogP contribution in [0.25, 0.3) is 0 Å². The highest BCUT2D eigenvalue weighted by molar-refractivity contribution is 5.77. The molecular weight excluding hydrogens is 240 g/mol. The van der Waals surface area contributed by atoms with Crippen molar-refractivity contribution in [2.45, 2.75) is 26.8 Å². The van der Waals surface area contributed by atoms with Gasteiger partial charge in [-0.1, -0.05) is 13.8 Å². The number of nitrogens with one attached hydrogen (secondary N) is 1. The molecule has 0 aliphatic carbocycles. The number of methoxy groups -OCH3 is 2. The zero-order valence-electron chi connectivity index (χ0n) is 12.5. The highest BCUT2D eigenvalue weighted by atomic mass is 16.5. The Hall–Kier alpha value is -1.58. The molecule has 2 rings (SSSR count). The molecule has 0 amide bonds. The first-order chi connectivity index (χ1) is 9.06. The van der Waals surface area contributed by atoms with E-state index in [1.54, 1.807) is 14.2 Å². The molecule has 0 radical (unpaired) electrons. The molecule has 4 heteroatoms. The maximum absolute atomic E-state index is 5.41. The van der Waals surface area contributed by atoms with Crippen molar-refractivity contribution in [1.82, 2.24) is 0 Å². The number of benzene rings is 1. The molecule has 106 valence electrons. The summed E-state index contributed by atoms with van der Waals surface area (Å²) < 4.78 is 10.8. The van der Waals surface area contributed by atoms with Gasteiger partial charge >= 0.3 is 0 Å². The van der Waals surface area contributed by atoms with Gasteiger partial charge in [0.2, 0.25) is 0 Å². The predicted molar refractivity (Wildman–Crippen MR) is 79.7 cm³/mol. The van der Waals surface area contributed by atoms with E-state index in [4.69, 9.17) is 9.47 Å². The summed E-state index contributed by atoms with van der Waals surface area (Å²) in [5, 5.41) is 3.46. The monoisotopic (exact) mass is 264 g/mol. The summed E-state index contributed by atoms with van der Waals surface area (Å²) in [6, 6.07) is 4.57. The third-order valence-electron chi connectivity index (χ3n) is 3.49. The molecule has 19 heavy (non-hydrogen) atoms. The van der Waals surface area contributed by atoms with Gasteiger partial charge in [-0.05, 0) is 12.8 Å². The SMILES string of the molecule is COc1cc2c(cc1OC)N(CC(C)C)C(C)CN2. The molecule has 1 aromatic rings. The van der Waals surface area contributed by atoms with E-state index in [1.807, 2.05) is 6.07 Å². The topological polar surface area (TPSA) is 33.7 Å². The van der Waals surface area contributed by atoms with Gasteiger partial charge in [-0.15, -0.1) is 0 Å². The van der Waals surface area contributed by atoms with Gasteiger partial charge in [0.25, 0.3) is 0 Å². The maximum Gasteiger partial charge on any atom is 0.162 e. The summed E-state index contributed by atoms with van der Waals surface area (Å²) in [7, 11) is 3.35. The highest BCUT2D eigenvalue weighted by Gasteiger charge is 2.25. The van der Waals surface area contributed by atoms with Crippen LogP contribution in [-0.4, -0.2) is 33.4 Å². The summed E-state index contributed by atoms with van der Waals surface area (Å²) in [6.07, 6.45) is 0. The third-order valence-corrected chi connectivity index (χ3v) is 3.49. The minimum Gasteiger partial charge on any atom is -0.493 e. The van der Waals surface area contributed by atoms with Gasteiger partial charge in [-0.3, -0.25) is 0 Å². The van der Waals surface area contributed by atoms with E-state index in [-0.39, 0.29) is 0 Å². The first-order valence-corrected chi connectivity index (χ1v) is 6.83. The fourth-order valence-corrected chi connectivity index (χ4v) is 2.52. The lowest BCUT2D eigenvalue weighted by molar-refractivity contribution is 0.355. The van der Waals surface area contributed by atoms with Gasteiger partial charge in [0.05, 0.1) is 25.6 Å². The van der Waals surface area contributed by atoms with Crippen LogP contribution in [0.4, 0.5) is 11.4 Å². The van der Waals surface area contributed by atoms with Crippen LogP contribution in [-0.2, 0) is 0 Å². The minimum absolute atomic E-state index is 0.480. The van der Waals surface area contributed by atoms with Crippen molar-refractivity contribution < 1.29 is 9.47 Å². The van der Waals surface area contributed by atoms with Crippen molar-refractivity contribution in [2.75, 3.05) is 37.5 Å². The van der Waals surface area contributed by atoms with Crippen molar-refractivity contribution >= 4 is 11.4 Å². The Labute approximate surface area is 115 Å². The molecule has 0 saturated heterocycles. The van der Waals surface area contributed by atoms with Crippen LogP contribution >= 0.6 is 0 Å². The van der Waals surface area contributed by atoms with Gasteiger partial charge in [0.15, 0.2) is 11.5 Å². The third kappa shape index (κ3) is 2.72. The predicted octanol–water partition coefficient (Wildman–Crippen LogP) is 2.98. The second-order valence-electron chi connectivity index (χ2n) is 5.50. The van der Waals surface area contributed by atoms with E-state index in [0.717, 1.165) is 30.3 Å². The average Bonchev–Trinajstić information content (AvgIpc) is 2.40. The summed E-state index contributed by atoms with van der Waals surface area (Å²) in [4.78, 5) is 2.44. The normalized spacial score (nSPS) is 18.0. The Morgan fingerprint density at radius 3 is 2.47 bits per heavy atom. The van der Waals surface area contributed by atoms with Gasteiger partial charge in [-0.2, -0.15) is 0 Å². The summed E-state index contributed by atoms with van der Waals surface area (Å²) in [5.41, 5.74) is 2.32. The molecule has 1 aliphatic heterocycles. The van der Waals surface area contributed by atoms with E-state index < -0.39 is 0 Å². The number of nitrogens with zero attached hydrogens (tertiary/aromatic N) is 1. The van der Waals surface area contributed by atoms with Crippen molar-refractivity contribution in [3.8, 4) is 11.5 Å². The van der Waals surface area contributed by atoms with Crippen molar-refractivity contribution in [1.29, 1.82) is 0 Å². The van der Waals surface area contributed by atoms with E-state index >= 15 is 0 Å². The zero-order chi connectivity index (χ0) is 14.0. The second kappa shape index (κ2) is 5.59. The van der Waals surface area contributed by atoms with Crippen LogP contribution in [0.1, 0.15) is 20.8 Å². The quantitative estimate of drug-likeness (QED) is 0.906. The van der Waals surface area contributed by atoms with Crippen LogP contribution in [0.15, 0.2) is 12.1 Å².